The molecule has 1 atom stereocenters. The monoisotopic (exact) mass is 537 g/mol. The largest absolute Gasteiger partial charge is 0.435 e. The first-order valence-corrected chi connectivity index (χ1v) is 12.7. The summed E-state index contributed by atoms with van der Waals surface area (Å²) in [5, 5.41) is 15.4. The van der Waals surface area contributed by atoms with Gasteiger partial charge in [-0.25, -0.2) is 13.5 Å². The van der Waals surface area contributed by atoms with Crippen molar-refractivity contribution in [1.29, 1.82) is 0 Å². The minimum atomic E-state index is -0.818. The third kappa shape index (κ3) is 7.93. The van der Waals surface area contributed by atoms with Crippen LogP contribution in [0.5, 0.6) is 11.6 Å². The molecule has 7 nitrogen and oxygen atoms in total. The number of hydrogen-bond acceptors (Lipinski definition) is 6. The maximum atomic E-state index is 14.6. The van der Waals surface area contributed by atoms with E-state index in [1.807, 2.05) is 72.5 Å². The number of aliphatic hydroxyl groups excluding tert-OH is 1. The smallest absolute Gasteiger partial charge is 0.227 e. The summed E-state index contributed by atoms with van der Waals surface area (Å²) in [7, 11) is 1.61. The van der Waals surface area contributed by atoms with Crippen LogP contribution in [0.15, 0.2) is 78.9 Å². The van der Waals surface area contributed by atoms with Crippen LogP contribution < -0.4 is 4.74 Å². The average molecular weight is 538 g/mol. The lowest BCUT2D eigenvalue weighted by molar-refractivity contribution is 0.00466. The third-order valence-electron chi connectivity index (χ3n) is 6.12. The molecule has 1 heterocycles. The zero-order valence-corrected chi connectivity index (χ0v) is 22.1. The lowest BCUT2D eigenvalue weighted by Gasteiger charge is -2.25. The molecule has 1 N–H and O–H groups in total. The first-order valence-electron chi connectivity index (χ1n) is 12.7. The number of methoxy groups -OCH3 is 1. The number of nitrogens with zero attached hydrogens (tertiary/aromatic N) is 3. The predicted octanol–water partition coefficient (Wildman–Crippen LogP) is 5.28. The molecule has 3 aromatic carbocycles. The summed E-state index contributed by atoms with van der Waals surface area (Å²) in [5.74, 6) is -1.32. The van der Waals surface area contributed by atoms with Crippen molar-refractivity contribution in [3.63, 3.8) is 0 Å². The Morgan fingerprint density at radius 1 is 1.00 bits per heavy atom. The van der Waals surface area contributed by atoms with Gasteiger partial charge in [-0.2, -0.15) is 5.10 Å². The SMILES string of the molecule is COCCN(Cc1c(C)nn(-c2ccccc2)c1Oc1ccc(F)cc1F)C[C@@H](O)COCc1ccccc1. The van der Waals surface area contributed by atoms with E-state index in [-0.39, 0.29) is 12.4 Å². The van der Waals surface area contributed by atoms with Crippen LogP contribution in [0.3, 0.4) is 0 Å². The van der Waals surface area contributed by atoms with Gasteiger partial charge in [0.1, 0.15) is 5.82 Å². The number of aryl methyl sites for hydroxylation is 1. The van der Waals surface area contributed by atoms with Crippen molar-refractivity contribution in [3.8, 4) is 17.3 Å². The molecule has 0 aliphatic rings. The van der Waals surface area contributed by atoms with Crippen LogP contribution in [-0.4, -0.2) is 59.3 Å². The Morgan fingerprint density at radius 3 is 2.41 bits per heavy atom. The van der Waals surface area contributed by atoms with Crippen LogP contribution >= 0.6 is 0 Å². The molecule has 0 bridgehead atoms. The van der Waals surface area contributed by atoms with Gasteiger partial charge >= 0.3 is 0 Å². The van der Waals surface area contributed by atoms with Crippen molar-refractivity contribution in [2.45, 2.75) is 26.2 Å². The summed E-state index contributed by atoms with van der Waals surface area (Å²) < 4.78 is 46.8. The van der Waals surface area contributed by atoms with Gasteiger partial charge in [-0.3, -0.25) is 4.90 Å². The van der Waals surface area contributed by atoms with Crippen molar-refractivity contribution in [1.82, 2.24) is 14.7 Å². The maximum Gasteiger partial charge on any atom is 0.227 e. The fraction of sp³-hybridized carbons (Fsp3) is 0.300. The zero-order valence-electron chi connectivity index (χ0n) is 22.1. The molecule has 39 heavy (non-hydrogen) atoms. The van der Waals surface area contributed by atoms with Crippen LogP contribution in [0, 0.1) is 18.6 Å². The first kappa shape index (κ1) is 28.4. The number of aliphatic hydroxyl groups is 1. The first-order chi connectivity index (χ1) is 18.9. The molecule has 0 radical (unpaired) electrons. The molecule has 0 aliphatic heterocycles. The van der Waals surface area contributed by atoms with Gasteiger partial charge in [0.25, 0.3) is 0 Å². The van der Waals surface area contributed by atoms with E-state index >= 15 is 0 Å². The number of ether oxygens (including phenoxy) is 3. The highest BCUT2D eigenvalue weighted by atomic mass is 19.1. The number of rotatable bonds is 14. The molecule has 0 unspecified atom stereocenters. The summed E-state index contributed by atoms with van der Waals surface area (Å²) in [5.41, 5.74) is 3.13. The van der Waals surface area contributed by atoms with E-state index in [1.165, 1.54) is 6.07 Å². The van der Waals surface area contributed by atoms with Crippen LogP contribution in [-0.2, 0) is 22.6 Å². The normalized spacial score (nSPS) is 12.2. The number of hydrogen-bond donors (Lipinski definition) is 1. The van der Waals surface area contributed by atoms with Crippen molar-refractivity contribution in [2.24, 2.45) is 0 Å². The van der Waals surface area contributed by atoms with Crippen molar-refractivity contribution >= 4 is 0 Å². The fourth-order valence-corrected chi connectivity index (χ4v) is 4.15. The fourth-order valence-electron chi connectivity index (χ4n) is 4.15. The predicted molar refractivity (Wildman–Crippen MR) is 144 cm³/mol. The molecule has 0 amide bonds. The minimum Gasteiger partial charge on any atom is -0.435 e. The molecule has 0 aliphatic carbocycles. The van der Waals surface area contributed by atoms with Gasteiger partial charge in [0.2, 0.25) is 5.88 Å². The van der Waals surface area contributed by atoms with E-state index in [2.05, 4.69) is 5.10 Å². The van der Waals surface area contributed by atoms with Crippen LogP contribution in [0.25, 0.3) is 5.69 Å². The molecule has 0 saturated heterocycles. The Morgan fingerprint density at radius 2 is 1.72 bits per heavy atom. The molecule has 1 aromatic heterocycles. The summed E-state index contributed by atoms with van der Waals surface area (Å²) in [6, 6.07) is 22.3. The highest BCUT2D eigenvalue weighted by Gasteiger charge is 2.23. The van der Waals surface area contributed by atoms with Gasteiger partial charge in [0.05, 0.1) is 42.9 Å². The molecule has 0 spiro atoms. The quantitative estimate of drug-likeness (QED) is 0.236. The number of aromatic nitrogens is 2. The lowest BCUT2D eigenvalue weighted by Crippen LogP contribution is -2.36. The molecule has 4 rings (SSSR count). The standard InChI is InChI=1S/C30H33F2N3O4/c1-22-27(19-34(15-16-37-2)18-26(36)21-38-20-23-9-5-3-6-10-23)30(35(33-22)25-11-7-4-8-12-25)39-29-14-13-24(31)17-28(29)32/h3-14,17,26,36H,15-16,18-21H2,1-2H3/t26-/m1/s1. The lowest BCUT2D eigenvalue weighted by atomic mass is 10.2. The second kappa shape index (κ2) is 14.0. The third-order valence-corrected chi connectivity index (χ3v) is 6.12. The number of halogens is 2. The van der Waals surface area contributed by atoms with E-state index in [4.69, 9.17) is 14.2 Å². The molecule has 0 saturated carbocycles. The Labute approximate surface area is 227 Å². The molecule has 9 heteroatoms. The Kier molecular flexibility index (Phi) is 10.2. The zero-order chi connectivity index (χ0) is 27.6. The van der Waals surface area contributed by atoms with Gasteiger partial charge in [0, 0.05) is 32.8 Å². The van der Waals surface area contributed by atoms with Gasteiger partial charge in [-0.05, 0) is 36.8 Å². The van der Waals surface area contributed by atoms with E-state index < -0.39 is 17.7 Å². The minimum absolute atomic E-state index is 0.118. The Hall–Kier alpha value is -3.63. The summed E-state index contributed by atoms with van der Waals surface area (Å²) in [6.07, 6.45) is -0.756. The molecule has 206 valence electrons. The van der Waals surface area contributed by atoms with E-state index in [9.17, 15) is 13.9 Å². The van der Waals surface area contributed by atoms with Gasteiger partial charge in [-0.1, -0.05) is 48.5 Å². The van der Waals surface area contributed by atoms with Crippen molar-refractivity contribution in [2.75, 3.05) is 33.4 Å². The highest BCUT2D eigenvalue weighted by Crippen LogP contribution is 2.33. The molecule has 4 aromatic rings. The van der Waals surface area contributed by atoms with Crippen LogP contribution in [0.4, 0.5) is 8.78 Å². The topological polar surface area (TPSA) is 69.0 Å². The average Bonchev–Trinajstić information content (AvgIpc) is 3.24. The van der Waals surface area contributed by atoms with Gasteiger partial charge < -0.3 is 19.3 Å². The van der Waals surface area contributed by atoms with E-state index in [0.717, 1.165) is 23.4 Å². The van der Waals surface area contributed by atoms with Crippen LogP contribution in [0.2, 0.25) is 0 Å². The molecular formula is C30H33F2N3O4. The molecule has 0 fully saturated rings. The second-order valence-corrected chi connectivity index (χ2v) is 9.18. The van der Waals surface area contributed by atoms with Crippen molar-refractivity contribution in [3.05, 3.63) is 107 Å². The summed E-state index contributed by atoms with van der Waals surface area (Å²) >= 11 is 0. The number of benzene rings is 3. The maximum absolute atomic E-state index is 14.6. The van der Waals surface area contributed by atoms with Gasteiger partial charge in [0.15, 0.2) is 11.6 Å². The highest BCUT2D eigenvalue weighted by molar-refractivity contribution is 5.43. The van der Waals surface area contributed by atoms with E-state index in [0.29, 0.717) is 50.0 Å². The van der Waals surface area contributed by atoms with Gasteiger partial charge in [-0.15, -0.1) is 0 Å². The van der Waals surface area contributed by atoms with E-state index in [1.54, 1.807) is 11.8 Å². The van der Waals surface area contributed by atoms with Crippen molar-refractivity contribution < 1.29 is 28.1 Å². The number of para-hydroxylation sites is 1. The molecular weight excluding hydrogens is 504 g/mol. The Balaban J connectivity index is 1.56. The summed E-state index contributed by atoms with van der Waals surface area (Å²) in [4.78, 5) is 2.01. The Bertz CT molecular complexity index is 1320. The second-order valence-electron chi connectivity index (χ2n) is 9.18. The summed E-state index contributed by atoms with van der Waals surface area (Å²) in [6.45, 7) is 4.01. The van der Waals surface area contributed by atoms with Crippen LogP contribution in [0.1, 0.15) is 16.8 Å².